The maximum atomic E-state index is 12.7. The van der Waals surface area contributed by atoms with E-state index < -0.39 is 6.29 Å². The highest BCUT2D eigenvalue weighted by Gasteiger charge is 2.43. The maximum Gasteiger partial charge on any atom is 0.586 e. The van der Waals surface area contributed by atoms with E-state index in [-0.39, 0.29) is 18.1 Å². The first-order valence-electron chi connectivity index (χ1n) is 4.85. The van der Waals surface area contributed by atoms with Crippen molar-refractivity contribution in [3.05, 3.63) is 18.2 Å². The zero-order valence-corrected chi connectivity index (χ0v) is 8.37. The molecule has 2 rings (SSSR count). The van der Waals surface area contributed by atoms with Gasteiger partial charge in [0.1, 0.15) is 0 Å². The molecule has 0 spiro atoms. The maximum absolute atomic E-state index is 12.7. The lowest BCUT2D eigenvalue weighted by Crippen LogP contribution is -2.25. The molecular weight excluding hydrogens is 220 g/mol. The van der Waals surface area contributed by atoms with E-state index in [2.05, 4.69) is 14.8 Å². The normalized spacial score (nSPS) is 16.2. The van der Waals surface area contributed by atoms with Crippen LogP contribution in [0.1, 0.15) is 6.42 Å². The zero-order chi connectivity index (χ0) is 11.6. The minimum atomic E-state index is -3.58. The number of rotatable bonds is 4. The highest BCUT2D eigenvalue weighted by molar-refractivity contribution is 5.55. The van der Waals surface area contributed by atoms with Gasteiger partial charge in [-0.1, -0.05) is 0 Å². The van der Waals surface area contributed by atoms with Crippen molar-refractivity contribution in [1.29, 1.82) is 0 Å². The van der Waals surface area contributed by atoms with E-state index >= 15 is 0 Å². The minimum absolute atomic E-state index is 0.0130. The van der Waals surface area contributed by atoms with E-state index in [4.69, 9.17) is 5.11 Å². The van der Waals surface area contributed by atoms with Gasteiger partial charge in [0.05, 0.1) is 0 Å². The highest BCUT2D eigenvalue weighted by atomic mass is 19.3. The summed E-state index contributed by atoms with van der Waals surface area (Å²) in [5.41, 5.74) is 0.647. The van der Waals surface area contributed by atoms with Gasteiger partial charge in [0.25, 0.3) is 0 Å². The molecule has 6 heteroatoms. The minimum Gasteiger partial charge on any atom is -0.396 e. The molecule has 16 heavy (non-hydrogen) atoms. The Balaban J connectivity index is 2.04. The zero-order valence-electron chi connectivity index (χ0n) is 8.37. The third-order valence-electron chi connectivity index (χ3n) is 2.07. The van der Waals surface area contributed by atoms with E-state index in [0.29, 0.717) is 18.7 Å². The molecule has 88 valence electrons. The molecule has 0 aliphatic carbocycles. The molecule has 0 radical (unpaired) electrons. The topological polar surface area (TPSA) is 50.7 Å². The van der Waals surface area contributed by atoms with Crippen LogP contribution in [0.25, 0.3) is 0 Å². The third-order valence-corrected chi connectivity index (χ3v) is 2.07. The number of aliphatic hydroxyl groups excluding tert-OH is 1. The molecule has 0 bridgehead atoms. The van der Waals surface area contributed by atoms with Gasteiger partial charge in [0.2, 0.25) is 0 Å². The number of anilines is 1. The average Bonchev–Trinajstić information content (AvgIpc) is 2.51. The van der Waals surface area contributed by atoms with Crippen LogP contribution in [-0.2, 0) is 0 Å². The molecule has 4 nitrogen and oxygen atoms in total. The molecule has 1 aliphatic heterocycles. The standard InChI is InChI=1S/C10H11F2NO3/c11-10(12)15-8-3-2-7(6-9(8)16-10)13-4-1-5-14/h2-3,6,13-14H,1,4-5H2. The number of benzene rings is 1. The van der Waals surface area contributed by atoms with Gasteiger partial charge in [-0.15, -0.1) is 8.78 Å². The third kappa shape index (κ3) is 2.33. The second-order valence-electron chi connectivity index (χ2n) is 3.33. The summed E-state index contributed by atoms with van der Waals surface area (Å²) in [6.45, 7) is 0.641. The Bertz CT molecular complexity index is 384. The smallest absolute Gasteiger partial charge is 0.396 e. The fourth-order valence-corrected chi connectivity index (χ4v) is 1.37. The molecule has 0 amide bonds. The fourth-order valence-electron chi connectivity index (χ4n) is 1.37. The van der Waals surface area contributed by atoms with Crippen LogP contribution in [0.15, 0.2) is 18.2 Å². The molecule has 1 aromatic carbocycles. The second-order valence-corrected chi connectivity index (χ2v) is 3.33. The molecule has 1 aliphatic rings. The van der Waals surface area contributed by atoms with Crippen molar-refractivity contribution in [2.75, 3.05) is 18.5 Å². The Labute approximate surface area is 90.8 Å². The van der Waals surface area contributed by atoms with Gasteiger partial charge < -0.3 is 19.9 Å². The predicted molar refractivity (Wildman–Crippen MR) is 52.8 cm³/mol. The Kier molecular flexibility index (Phi) is 2.82. The van der Waals surface area contributed by atoms with E-state index in [1.165, 1.54) is 12.1 Å². The number of hydrogen-bond donors (Lipinski definition) is 2. The molecule has 0 unspecified atom stereocenters. The number of fused-ring (bicyclic) bond motifs is 1. The number of hydrogen-bond acceptors (Lipinski definition) is 4. The molecular formula is C10H11F2NO3. The van der Waals surface area contributed by atoms with Crippen molar-refractivity contribution in [3.8, 4) is 11.5 Å². The first kappa shape index (κ1) is 10.9. The van der Waals surface area contributed by atoms with Crippen LogP contribution in [0, 0.1) is 0 Å². The fraction of sp³-hybridized carbons (Fsp3) is 0.400. The summed E-state index contributed by atoms with van der Waals surface area (Å²) in [6, 6.07) is 4.46. The molecule has 1 aromatic rings. The number of halogens is 2. The largest absolute Gasteiger partial charge is 0.586 e. The molecule has 0 aromatic heterocycles. The van der Waals surface area contributed by atoms with Gasteiger partial charge in [-0.3, -0.25) is 0 Å². The quantitative estimate of drug-likeness (QED) is 0.776. The number of alkyl halides is 2. The molecule has 0 atom stereocenters. The lowest BCUT2D eigenvalue weighted by molar-refractivity contribution is -0.286. The van der Waals surface area contributed by atoms with Crippen molar-refractivity contribution < 1.29 is 23.4 Å². The first-order valence-corrected chi connectivity index (χ1v) is 4.85. The summed E-state index contributed by atoms with van der Waals surface area (Å²) in [4.78, 5) is 0. The number of aliphatic hydroxyl groups is 1. The molecule has 1 heterocycles. The van der Waals surface area contributed by atoms with Crippen LogP contribution in [0.5, 0.6) is 11.5 Å². The molecule has 0 saturated heterocycles. The van der Waals surface area contributed by atoms with Crippen molar-refractivity contribution in [1.82, 2.24) is 0 Å². The van der Waals surface area contributed by atoms with Crippen LogP contribution in [0.4, 0.5) is 14.5 Å². The Morgan fingerprint density at radius 3 is 2.75 bits per heavy atom. The lowest BCUT2D eigenvalue weighted by atomic mass is 10.2. The van der Waals surface area contributed by atoms with E-state index in [9.17, 15) is 8.78 Å². The van der Waals surface area contributed by atoms with Crippen molar-refractivity contribution in [2.45, 2.75) is 12.7 Å². The molecule has 0 saturated carbocycles. The van der Waals surface area contributed by atoms with Gasteiger partial charge in [0.15, 0.2) is 11.5 Å². The van der Waals surface area contributed by atoms with E-state index in [1.807, 2.05) is 0 Å². The van der Waals surface area contributed by atoms with Gasteiger partial charge in [-0.05, 0) is 18.6 Å². The van der Waals surface area contributed by atoms with Crippen molar-refractivity contribution in [2.24, 2.45) is 0 Å². The van der Waals surface area contributed by atoms with Crippen molar-refractivity contribution in [3.63, 3.8) is 0 Å². The molecule has 0 fully saturated rings. The van der Waals surface area contributed by atoms with E-state index in [0.717, 1.165) is 0 Å². The van der Waals surface area contributed by atoms with E-state index in [1.54, 1.807) is 6.07 Å². The summed E-state index contributed by atoms with van der Waals surface area (Å²) < 4.78 is 33.9. The van der Waals surface area contributed by atoms with Crippen LogP contribution >= 0.6 is 0 Å². The summed E-state index contributed by atoms with van der Waals surface area (Å²) in [7, 11) is 0. The summed E-state index contributed by atoms with van der Waals surface area (Å²) in [6.07, 6.45) is -2.99. The van der Waals surface area contributed by atoms with Crippen molar-refractivity contribution >= 4 is 5.69 Å². The Morgan fingerprint density at radius 2 is 2.00 bits per heavy atom. The summed E-state index contributed by atoms with van der Waals surface area (Å²) in [5.74, 6) is 0.0386. The molecule has 2 N–H and O–H groups in total. The van der Waals surface area contributed by atoms with Gasteiger partial charge >= 0.3 is 6.29 Å². The average molecular weight is 231 g/mol. The Morgan fingerprint density at radius 1 is 1.25 bits per heavy atom. The summed E-state index contributed by atoms with van der Waals surface area (Å²) in [5, 5.41) is 11.5. The number of nitrogens with one attached hydrogen (secondary N) is 1. The Hall–Kier alpha value is -1.56. The predicted octanol–water partition coefficient (Wildman–Crippen LogP) is 1.80. The van der Waals surface area contributed by atoms with Gasteiger partial charge in [-0.2, -0.15) is 0 Å². The summed E-state index contributed by atoms with van der Waals surface area (Å²) >= 11 is 0. The van der Waals surface area contributed by atoms with Crippen LogP contribution in [0.3, 0.4) is 0 Å². The van der Waals surface area contributed by atoms with Gasteiger partial charge in [0, 0.05) is 24.9 Å². The lowest BCUT2D eigenvalue weighted by Gasteiger charge is -2.05. The van der Waals surface area contributed by atoms with Crippen LogP contribution < -0.4 is 14.8 Å². The van der Waals surface area contributed by atoms with Gasteiger partial charge in [-0.25, -0.2) is 0 Å². The first-order chi connectivity index (χ1) is 7.61. The monoisotopic (exact) mass is 231 g/mol. The number of ether oxygens (including phenoxy) is 2. The van der Waals surface area contributed by atoms with Crippen LogP contribution in [-0.4, -0.2) is 24.6 Å². The highest BCUT2D eigenvalue weighted by Crippen LogP contribution is 2.42. The second kappa shape index (κ2) is 4.13. The SMILES string of the molecule is OCCCNc1ccc2c(c1)OC(F)(F)O2. The van der Waals surface area contributed by atoms with Crippen LogP contribution in [0.2, 0.25) is 0 Å².